The minimum absolute atomic E-state index is 0.586. The average molecular weight is 297 g/mol. The van der Waals surface area contributed by atoms with Crippen LogP contribution in [0.1, 0.15) is 12.6 Å². The predicted molar refractivity (Wildman–Crippen MR) is 80.7 cm³/mol. The summed E-state index contributed by atoms with van der Waals surface area (Å²) in [6.45, 7) is 4.67. The molecule has 0 bridgehead atoms. The summed E-state index contributed by atoms with van der Waals surface area (Å²) < 4.78 is 0. The summed E-state index contributed by atoms with van der Waals surface area (Å²) in [7, 11) is 0. The minimum atomic E-state index is 0.586. The first-order chi connectivity index (χ1) is 9.08. The molecule has 0 spiro atoms. The molecule has 0 saturated carbocycles. The van der Waals surface area contributed by atoms with Gasteiger partial charge in [-0.2, -0.15) is 4.98 Å². The normalized spacial score (nSPS) is 10.3. The Bertz CT molecular complexity index is 587. The van der Waals surface area contributed by atoms with E-state index in [1.165, 1.54) is 0 Å². The number of hydrogen-bond acceptors (Lipinski definition) is 4. The second-order valence-corrected chi connectivity index (χ2v) is 4.84. The van der Waals surface area contributed by atoms with Gasteiger partial charge in [-0.25, -0.2) is 4.98 Å². The molecule has 0 atom stereocenters. The molecule has 1 heterocycles. The van der Waals surface area contributed by atoms with E-state index in [9.17, 15) is 0 Å². The maximum Gasteiger partial charge on any atom is 0.224 e. The number of nitrogens with one attached hydrogen (secondary N) is 2. The lowest BCUT2D eigenvalue weighted by atomic mass is 10.3. The first-order valence-corrected chi connectivity index (χ1v) is 6.65. The second-order valence-electron chi connectivity index (χ2n) is 4.00. The molecule has 100 valence electrons. The van der Waals surface area contributed by atoms with Crippen LogP contribution in [-0.2, 0) is 0 Å². The molecule has 19 heavy (non-hydrogen) atoms. The van der Waals surface area contributed by atoms with Gasteiger partial charge in [-0.3, -0.25) is 0 Å². The zero-order valence-corrected chi connectivity index (χ0v) is 12.2. The average Bonchev–Trinajstić information content (AvgIpc) is 2.33. The lowest BCUT2D eigenvalue weighted by molar-refractivity contribution is 1.05. The van der Waals surface area contributed by atoms with Crippen LogP contribution in [-0.4, -0.2) is 16.5 Å². The number of aromatic nitrogens is 2. The Labute approximate surface area is 122 Å². The minimum Gasteiger partial charge on any atom is -0.354 e. The Kier molecular flexibility index (Phi) is 4.45. The van der Waals surface area contributed by atoms with Crippen molar-refractivity contribution in [1.82, 2.24) is 9.97 Å². The van der Waals surface area contributed by atoms with Gasteiger partial charge in [0, 0.05) is 23.3 Å². The lowest BCUT2D eigenvalue weighted by Crippen LogP contribution is -2.05. The van der Waals surface area contributed by atoms with Gasteiger partial charge >= 0.3 is 0 Å². The number of nitrogens with zero attached hydrogens (tertiary/aromatic N) is 2. The SMILES string of the molecule is CCNc1nc(C)cc(Nc2cc(Cl)ccc2Cl)n1. The Morgan fingerprint density at radius 1 is 1.16 bits per heavy atom. The fourth-order valence-electron chi connectivity index (χ4n) is 1.60. The monoisotopic (exact) mass is 296 g/mol. The van der Waals surface area contributed by atoms with E-state index in [1.54, 1.807) is 18.2 Å². The van der Waals surface area contributed by atoms with Crippen LogP contribution in [0.2, 0.25) is 10.0 Å². The van der Waals surface area contributed by atoms with Crippen molar-refractivity contribution in [2.45, 2.75) is 13.8 Å². The van der Waals surface area contributed by atoms with Crippen molar-refractivity contribution in [2.75, 3.05) is 17.2 Å². The van der Waals surface area contributed by atoms with Crippen LogP contribution >= 0.6 is 23.2 Å². The highest BCUT2D eigenvalue weighted by molar-refractivity contribution is 6.35. The van der Waals surface area contributed by atoms with Crippen LogP contribution in [0.4, 0.5) is 17.5 Å². The van der Waals surface area contributed by atoms with Crippen LogP contribution in [0.25, 0.3) is 0 Å². The number of rotatable bonds is 4. The summed E-state index contributed by atoms with van der Waals surface area (Å²) in [6, 6.07) is 7.09. The molecule has 1 aromatic heterocycles. The van der Waals surface area contributed by atoms with E-state index >= 15 is 0 Å². The van der Waals surface area contributed by atoms with Crippen LogP contribution < -0.4 is 10.6 Å². The molecule has 2 N–H and O–H groups in total. The lowest BCUT2D eigenvalue weighted by Gasteiger charge is -2.10. The maximum atomic E-state index is 6.11. The smallest absolute Gasteiger partial charge is 0.224 e. The van der Waals surface area contributed by atoms with Crippen molar-refractivity contribution in [3.63, 3.8) is 0 Å². The molecule has 2 rings (SSSR count). The fourth-order valence-corrected chi connectivity index (χ4v) is 1.94. The van der Waals surface area contributed by atoms with E-state index < -0.39 is 0 Å². The number of anilines is 3. The molecule has 0 fully saturated rings. The van der Waals surface area contributed by atoms with Crippen molar-refractivity contribution < 1.29 is 0 Å². The highest BCUT2D eigenvalue weighted by Crippen LogP contribution is 2.28. The second kappa shape index (κ2) is 6.08. The third-order valence-corrected chi connectivity index (χ3v) is 2.94. The third-order valence-electron chi connectivity index (χ3n) is 2.38. The molecule has 0 radical (unpaired) electrons. The molecule has 4 nitrogen and oxygen atoms in total. The van der Waals surface area contributed by atoms with E-state index in [1.807, 2.05) is 19.9 Å². The maximum absolute atomic E-state index is 6.11. The van der Waals surface area contributed by atoms with E-state index in [2.05, 4.69) is 20.6 Å². The standard InChI is InChI=1S/C13H14Cl2N4/c1-3-16-13-17-8(2)6-12(19-13)18-11-7-9(14)4-5-10(11)15/h4-7H,3H2,1-2H3,(H2,16,17,18,19). The molecular weight excluding hydrogens is 283 g/mol. The first-order valence-electron chi connectivity index (χ1n) is 5.90. The number of halogens is 2. The van der Waals surface area contributed by atoms with Crippen molar-refractivity contribution in [2.24, 2.45) is 0 Å². The van der Waals surface area contributed by atoms with Gasteiger partial charge in [-0.05, 0) is 32.0 Å². The Balaban J connectivity index is 2.29. The molecule has 6 heteroatoms. The third kappa shape index (κ3) is 3.72. The van der Waals surface area contributed by atoms with E-state index in [-0.39, 0.29) is 0 Å². The zero-order valence-electron chi connectivity index (χ0n) is 10.7. The summed E-state index contributed by atoms with van der Waals surface area (Å²) in [5.74, 6) is 1.26. The van der Waals surface area contributed by atoms with Gasteiger partial charge in [0.15, 0.2) is 0 Å². The highest BCUT2D eigenvalue weighted by atomic mass is 35.5. The number of benzene rings is 1. The topological polar surface area (TPSA) is 49.8 Å². The molecule has 0 aliphatic carbocycles. The van der Waals surface area contributed by atoms with Gasteiger partial charge in [-0.15, -0.1) is 0 Å². The van der Waals surface area contributed by atoms with Crippen LogP contribution in [0.15, 0.2) is 24.3 Å². The Morgan fingerprint density at radius 3 is 2.68 bits per heavy atom. The molecule has 0 aliphatic rings. The van der Waals surface area contributed by atoms with Crippen LogP contribution in [0.3, 0.4) is 0 Å². The van der Waals surface area contributed by atoms with Gasteiger partial charge in [0.25, 0.3) is 0 Å². The van der Waals surface area contributed by atoms with Gasteiger partial charge in [0.1, 0.15) is 5.82 Å². The van der Waals surface area contributed by atoms with Crippen LogP contribution in [0, 0.1) is 6.92 Å². The summed E-state index contributed by atoms with van der Waals surface area (Å²) in [5.41, 5.74) is 1.58. The molecule has 0 unspecified atom stereocenters. The van der Waals surface area contributed by atoms with Gasteiger partial charge in [0.05, 0.1) is 10.7 Å². The number of aryl methyl sites for hydroxylation is 1. The van der Waals surface area contributed by atoms with E-state index in [0.717, 1.165) is 17.9 Å². The van der Waals surface area contributed by atoms with Crippen molar-refractivity contribution in [3.05, 3.63) is 40.0 Å². The molecule has 0 saturated heterocycles. The van der Waals surface area contributed by atoms with Crippen LogP contribution in [0.5, 0.6) is 0 Å². The van der Waals surface area contributed by atoms with Crippen molar-refractivity contribution in [3.8, 4) is 0 Å². The quantitative estimate of drug-likeness (QED) is 0.885. The van der Waals surface area contributed by atoms with Crippen molar-refractivity contribution in [1.29, 1.82) is 0 Å². The Morgan fingerprint density at radius 2 is 1.95 bits per heavy atom. The largest absolute Gasteiger partial charge is 0.354 e. The van der Waals surface area contributed by atoms with E-state index in [0.29, 0.717) is 21.8 Å². The molecule has 0 amide bonds. The first kappa shape index (κ1) is 13.9. The van der Waals surface area contributed by atoms with Gasteiger partial charge in [0.2, 0.25) is 5.95 Å². The summed E-state index contributed by atoms with van der Waals surface area (Å²) >= 11 is 12.1. The summed E-state index contributed by atoms with van der Waals surface area (Å²) in [5, 5.41) is 7.43. The highest BCUT2D eigenvalue weighted by Gasteiger charge is 2.05. The van der Waals surface area contributed by atoms with Gasteiger partial charge in [-0.1, -0.05) is 23.2 Å². The molecule has 1 aromatic carbocycles. The fraction of sp³-hybridized carbons (Fsp3) is 0.231. The molecule has 0 aliphatic heterocycles. The molecule has 2 aromatic rings. The number of hydrogen-bond donors (Lipinski definition) is 2. The van der Waals surface area contributed by atoms with Gasteiger partial charge < -0.3 is 10.6 Å². The zero-order chi connectivity index (χ0) is 13.8. The van der Waals surface area contributed by atoms with Crippen molar-refractivity contribution >= 4 is 40.7 Å². The van der Waals surface area contributed by atoms with E-state index in [4.69, 9.17) is 23.2 Å². The predicted octanol–water partition coefficient (Wildman–Crippen LogP) is 4.27. The summed E-state index contributed by atoms with van der Waals surface area (Å²) in [4.78, 5) is 8.64. The Hall–Kier alpha value is -1.52. The molecular formula is C13H14Cl2N4. The summed E-state index contributed by atoms with van der Waals surface area (Å²) in [6.07, 6.45) is 0.